The van der Waals surface area contributed by atoms with Gasteiger partial charge in [0.2, 0.25) is 0 Å². The summed E-state index contributed by atoms with van der Waals surface area (Å²) in [5.41, 5.74) is 1.19. The Labute approximate surface area is 159 Å². The average Bonchev–Trinajstić information content (AvgIpc) is 2.66. The van der Waals surface area contributed by atoms with Crippen LogP contribution >= 0.6 is 0 Å². The molecular formula is C21H26N2O4. The molecule has 0 bridgehead atoms. The number of para-hydroxylation sites is 2. The Morgan fingerprint density at radius 2 is 1.41 bits per heavy atom. The van der Waals surface area contributed by atoms with E-state index in [9.17, 15) is 10.2 Å². The van der Waals surface area contributed by atoms with Gasteiger partial charge in [-0.1, -0.05) is 12.1 Å². The first-order valence-electron chi connectivity index (χ1n) is 8.99. The molecule has 144 valence electrons. The highest BCUT2D eigenvalue weighted by Crippen LogP contribution is 2.29. The van der Waals surface area contributed by atoms with Gasteiger partial charge in [0.05, 0.1) is 25.8 Å². The van der Waals surface area contributed by atoms with Crippen molar-refractivity contribution in [2.75, 3.05) is 19.8 Å². The van der Waals surface area contributed by atoms with Crippen molar-refractivity contribution in [1.82, 2.24) is 0 Å². The van der Waals surface area contributed by atoms with Gasteiger partial charge in [-0.15, -0.1) is 0 Å². The van der Waals surface area contributed by atoms with E-state index in [0.29, 0.717) is 42.4 Å². The predicted octanol–water partition coefficient (Wildman–Crippen LogP) is 3.82. The first-order valence-corrected chi connectivity index (χ1v) is 8.99. The summed E-state index contributed by atoms with van der Waals surface area (Å²) in [5.74, 6) is 1.04. The molecule has 0 heterocycles. The third-order valence-electron chi connectivity index (χ3n) is 3.73. The Morgan fingerprint density at radius 1 is 0.889 bits per heavy atom. The minimum atomic E-state index is -0.0892. The largest absolute Gasteiger partial charge is 0.504 e. The van der Waals surface area contributed by atoms with Crippen LogP contribution in [0.1, 0.15) is 31.9 Å². The summed E-state index contributed by atoms with van der Waals surface area (Å²) < 4.78 is 10.7. The molecule has 2 aromatic rings. The quantitative estimate of drug-likeness (QED) is 0.657. The molecule has 1 atom stereocenters. The van der Waals surface area contributed by atoms with Crippen LogP contribution in [-0.2, 0) is 0 Å². The Hall–Kier alpha value is -3.02. The van der Waals surface area contributed by atoms with Crippen LogP contribution in [0, 0.1) is 0 Å². The fourth-order valence-electron chi connectivity index (χ4n) is 2.39. The molecule has 0 unspecified atom stereocenters. The molecule has 2 rings (SSSR count). The number of benzene rings is 2. The lowest BCUT2D eigenvalue weighted by Crippen LogP contribution is -2.04. The van der Waals surface area contributed by atoms with Crippen molar-refractivity contribution in [2.24, 2.45) is 9.98 Å². The molecule has 2 aromatic carbocycles. The highest BCUT2D eigenvalue weighted by Gasteiger charge is 2.07. The molecule has 0 saturated heterocycles. The minimum Gasteiger partial charge on any atom is -0.504 e. The smallest absolute Gasteiger partial charge is 0.166 e. The zero-order valence-corrected chi connectivity index (χ0v) is 15.9. The number of hydrogen-bond acceptors (Lipinski definition) is 6. The number of nitrogens with zero attached hydrogens (tertiary/aromatic N) is 2. The standard InChI is InChI=1S/C21H26N2O4/c1-4-26-18-10-6-8-16(20(18)24)13-22-12-15(3)23-14-17-9-7-11-19(21(17)25)27-5-2/h6-11,13-15,24-25H,4-5,12H2,1-3H3/t15-/m1/s1. The molecule has 0 aromatic heterocycles. The molecule has 6 heteroatoms. The van der Waals surface area contributed by atoms with Crippen LogP contribution < -0.4 is 9.47 Å². The van der Waals surface area contributed by atoms with Gasteiger partial charge in [0, 0.05) is 23.6 Å². The molecule has 0 radical (unpaired) electrons. The number of ether oxygens (including phenoxy) is 2. The number of phenolic OH excluding ortho intramolecular Hbond substituents is 2. The van der Waals surface area contributed by atoms with Crippen LogP contribution in [0.15, 0.2) is 46.4 Å². The van der Waals surface area contributed by atoms with Gasteiger partial charge in [-0.05, 0) is 45.0 Å². The van der Waals surface area contributed by atoms with Gasteiger partial charge >= 0.3 is 0 Å². The van der Waals surface area contributed by atoms with Gasteiger partial charge in [-0.25, -0.2) is 0 Å². The van der Waals surface area contributed by atoms with Crippen LogP contribution in [0.2, 0.25) is 0 Å². The summed E-state index contributed by atoms with van der Waals surface area (Å²) in [6.45, 7) is 7.06. The maximum Gasteiger partial charge on any atom is 0.166 e. The fraction of sp³-hybridized carbons (Fsp3) is 0.333. The number of aromatic hydroxyl groups is 2. The van der Waals surface area contributed by atoms with E-state index < -0.39 is 0 Å². The van der Waals surface area contributed by atoms with E-state index >= 15 is 0 Å². The molecule has 0 spiro atoms. The van der Waals surface area contributed by atoms with Gasteiger partial charge in [0.15, 0.2) is 23.0 Å². The lowest BCUT2D eigenvalue weighted by Gasteiger charge is -2.08. The number of hydrogen-bond donors (Lipinski definition) is 2. The summed E-state index contributed by atoms with van der Waals surface area (Å²) in [4.78, 5) is 8.76. The van der Waals surface area contributed by atoms with E-state index in [4.69, 9.17) is 9.47 Å². The minimum absolute atomic E-state index is 0.0801. The van der Waals surface area contributed by atoms with Crippen LogP contribution in [0.3, 0.4) is 0 Å². The normalized spacial score (nSPS) is 12.6. The van der Waals surface area contributed by atoms with Crippen LogP contribution in [-0.4, -0.2) is 48.4 Å². The fourth-order valence-corrected chi connectivity index (χ4v) is 2.39. The molecule has 0 amide bonds. The van der Waals surface area contributed by atoms with E-state index in [1.165, 1.54) is 0 Å². The van der Waals surface area contributed by atoms with Crippen LogP contribution in [0.4, 0.5) is 0 Å². The Kier molecular flexibility index (Phi) is 7.67. The first kappa shape index (κ1) is 20.3. The Balaban J connectivity index is 1.99. The maximum atomic E-state index is 10.2. The summed E-state index contributed by atoms with van der Waals surface area (Å²) in [5, 5.41) is 20.3. The van der Waals surface area contributed by atoms with Crippen molar-refractivity contribution in [3.63, 3.8) is 0 Å². The molecule has 0 saturated carbocycles. The molecule has 6 nitrogen and oxygen atoms in total. The van der Waals surface area contributed by atoms with Crippen molar-refractivity contribution < 1.29 is 19.7 Å². The third kappa shape index (κ3) is 5.74. The van der Waals surface area contributed by atoms with Gasteiger partial charge in [-0.3, -0.25) is 9.98 Å². The van der Waals surface area contributed by atoms with Crippen molar-refractivity contribution in [3.8, 4) is 23.0 Å². The molecular weight excluding hydrogens is 344 g/mol. The zero-order valence-electron chi connectivity index (χ0n) is 15.9. The van der Waals surface area contributed by atoms with E-state index in [0.717, 1.165) is 0 Å². The molecule has 0 aliphatic heterocycles. The molecule has 0 aliphatic carbocycles. The Morgan fingerprint density at radius 3 is 1.93 bits per heavy atom. The number of aliphatic imine (C=N–C) groups is 2. The van der Waals surface area contributed by atoms with Gasteiger partial charge in [0.1, 0.15) is 0 Å². The zero-order chi connectivity index (χ0) is 19.6. The SMILES string of the molecule is CCOc1cccc(C=NC[C@@H](C)N=Cc2cccc(OCC)c2O)c1O. The average molecular weight is 370 g/mol. The summed E-state index contributed by atoms with van der Waals surface area (Å²) in [7, 11) is 0. The maximum absolute atomic E-state index is 10.2. The highest BCUT2D eigenvalue weighted by molar-refractivity contribution is 5.85. The van der Waals surface area contributed by atoms with Crippen molar-refractivity contribution in [2.45, 2.75) is 26.8 Å². The van der Waals surface area contributed by atoms with Crippen LogP contribution in [0.25, 0.3) is 0 Å². The topological polar surface area (TPSA) is 83.6 Å². The summed E-state index contributed by atoms with van der Waals surface area (Å²) in [6, 6.07) is 10.5. The Bertz CT molecular complexity index is 803. The van der Waals surface area contributed by atoms with Crippen molar-refractivity contribution >= 4 is 12.4 Å². The lowest BCUT2D eigenvalue weighted by molar-refractivity contribution is 0.318. The first-order chi connectivity index (χ1) is 13.1. The van der Waals surface area contributed by atoms with Crippen LogP contribution in [0.5, 0.6) is 23.0 Å². The second-order valence-electron chi connectivity index (χ2n) is 5.88. The van der Waals surface area contributed by atoms with Crippen molar-refractivity contribution in [3.05, 3.63) is 47.5 Å². The molecule has 0 aliphatic rings. The van der Waals surface area contributed by atoms with E-state index in [2.05, 4.69) is 9.98 Å². The second kappa shape index (κ2) is 10.2. The molecule has 0 fully saturated rings. The van der Waals surface area contributed by atoms with Gasteiger partial charge in [-0.2, -0.15) is 0 Å². The van der Waals surface area contributed by atoms with E-state index in [1.54, 1.807) is 36.7 Å². The number of phenols is 2. The van der Waals surface area contributed by atoms with Crippen molar-refractivity contribution in [1.29, 1.82) is 0 Å². The predicted molar refractivity (Wildman–Crippen MR) is 108 cm³/mol. The summed E-state index contributed by atoms with van der Waals surface area (Å²) >= 11 is 0. The van der Waals surface area contributed by atoms with Gasteiger partial charge < -0.3 is 19.7 Å². The molecule has 2 N–H and O–H groups in total. The second-order valence-corrected chi connectivity index (χ2v) is 5.88. The molecule has 27 heavy (non-hydrogen) atoms. The van der Waals surface area contributed by atoms with E-state index in [-0.39, 0.29) is 17.5 Å². The lowest BCUT2D eigenvalue weighted by atomic mass is 10.2. The van der Waals surface area contributed by atoms with Gasteiger partial charge in [0.25, 0.3) is 0 Å². The summed E-state index contributed by atoms with van der Waals surface area (Å²) in [6.07, 6.45) is 3.22. The number of rotatable bonds is 9. The van der Waals surface area contributed by atoms with E-state index in [1.807, 2.05) is 32.9 Å². The highest BCUT2D eigenvalue weighted by atomic mass is 16.5. The monoisotopic (exact) mass is 370 g/mol. The third-order valence-corrected chi connectivity index (χ3v) is 3.73.